The third kappa shape index (κ3) is 4.89. The number of methoxy groups -OCH3 is 2. The number of anilines is 1. The molecule has 0 aliphatic heterocycles. The molecule has 0 saturated heterocycles. The molecule has 0 radical (unpaired) electrons. The second-order valence-corrected chi connectivity index (χ2v) is 5.77. The van der Waals surface area contributed by atoms with Gasteiger partial charge in [0.15, 0.2) is 0 Å². The molecule has 0 aromatic heterocycles. The zero-order valence-electron chi connectivity index (χ0n) is 15.3. The molecule has 2 N–H and O–H groups in total. The van der Waals surface area contributed by atoms with Crippen LogP contribution in [0.1, 0.15) is 15.9 Å². The topological polar surface area (TPSA) is 79.9 Å². The van der Waals surface area contributed by atoms with Gasteiger partial charge in [-0.15, -0.1) is 0 Å². The normalized spacial score (nSPS) is 10.0. The Hall–Kier alpha value is -3.22. The molecule has 26 heavy (non-hydrogen) atoms. The number of urea groups is 1. The minimum Gasteiger partial charge on any atom is -0.497 e. The van der Waals surface area contributed by atoms with Gasteiger partial charge in [0.25, 0.3) is 5.91 Å². The summed E-state index contributed by atoms with van der Waals surface area (Å²) in [6.07, 6.45) is 0. The molecule has 0 atom stereocenters. The molecule has 0 aliphatic carbocycles. The molecule has 0 fully saturated rings. The number of amides is 3. The number of carbonyl (C=O) groups is 2. The molecule has 7 nitrogen and oxygen atoms in total. The molecule has 0 saturated carbocycles. The van der Waals surface area contributed by atoms with Crippen LogP contribution in [-0.2, 0) is 6.54 Å². The Morgan fingerprint density at radius 2 is 1.81 bits per heavy atom. The lowest BCUT2D eigenvalue weighted by Crippen LogP contribution is -2.28. The van der Waals surface area contributed by atoms with E-state index in [2.05, 4.69) is 10.6 Å². The van der Waals surface area contributed by atoms with Gasteiger partial charge in [-0.25, -0.2) is 4.79 Å². The van der Waals surface area contributed by atoms with Gasteiger partial charge in [-0.1, -0.05) is 6.07 Å². The van der Waals surface area contributed by atoms with Gasteiger partial charge in [-0.2, -0.15) is 0 Å². The number of hydrogen-bond acceptors (Lipinski definition) is 4. The van der Waals surface area contributed by atoms with E-state index < -0.39 is 0 Å². The highest BCUT2D eigenvalue weighted by molar-refractivity contribution is 5.96. The number of benzene rings is 2. The summed E-state index contributed by atoms with van der Waals surface area (Å²) in [5.41, 5.74) is 1.83. The lowest BCUT2D eigenvalue weighted by atomic mass is 10.2. The maximum Gasteiger partial charge on any atom is 0.319 e. The number of nitrogens with one attached hydrogen (secondary N) is 2. The Kier molecular flexibility index (Phi) is 6.43. The van der Waals surface area contributed by atoms with Gasteiger partial charge < -0.3 is 25.0 Å². The Labute approximate surface area is 152 Å². The summed E-state index contributed by atoms with van der Waals surface area (Å²) in [5.74, 6) is 1.21. The molecule has 0 heterocycles. The zero-order valence-corrected chi connectivity index (χ0v) is 15.3. The van der Waals surface area contributed by atoms with Crippen LogP contribution >= 0.6 is 0 Å². The largest absolute Gasteiger partial charge is 0.497 e. The van der Waals surface area contributed by atoms with E-state index in [0.717, 1.165) is 5.56 Å². The van der Waals surface area contributed by atoms with Crippen molar-refractivity contribution in [3.8, 4) is 11.5 Å². The van der Waals surface area contributed by atoms with Crippen LogP contribution in [0.5, 0.6) is 11.5 Å². The van der Waals surface area contributed by atoms with Crippen molar-refractivity contribution in [3.63, 3.8) is 0 Å². The second kappa shape index (κ2) is 8.75. The van der Waals surface area contributed by atoms with Gasteiger partial charge in [0.2, 0.25) is 0 Å². The van der Waals surface area contributed by atoms with Crippen molar-refractivity contribution < 1.29 is 19.1 Å². The van der Waals surface area contributed by atoms with Crippen LogP contribution in [0, 0.1) is 0 Å². The Morgan fingerprint density at radius 3 is 2.46 bits per heavy atom. The van der Waals surface area contributed by atoms with Crippen molar-refractivity contribution in [1.29, 1.82) is 0 Å². The van der Waals surface area contributed by atoms with Gasteiger partial charge in [0.1, 0.15) is 11.5 Å². The van der Waals surface area contributed by atoms with Crippen LogP contribution < -0.4 is 20.1 Å². The monoisotopic (exact) mass is 357 g/mol. The average molecular weight is 357 g/mol. The van der Waals surface area contributed by atoms with Crippen molar-refractivity contribution in [2.45, 2.75) is 6.54 Å². The Balaban J connectivity index is 2.02. The fraction of sp³-hybridized carbons (Fsp3) is 0.263. The SMILES string of the molecule is COc1ccc(OC)c(CNC(=O)Nc2cccc(C(=O)N(C)C)c2)c1. The number of rotatable bonds is 6. The van der Waals surface area contributed by atoms with E-state index >= 15 is 0 Å². The van der Waals surface area contributed by atoms with Crippen LogP contribution in [0.25, 0.3) is 0 Å². The first kappa shape index (κ1) is 19.1. The van der Waals surface area contributed by atoms with Gasteiger partial charge in [-0.05, 0) is 36.4 Å². The Bertz CT molecular complexity index is 790. The van der Waals surface area contributed by atoms with Crippen molar-refractivity contribution in [2.24, 2.45) is 0 Å². The molecule has 7 heteroatoms. The summed E-state index contributed by atoms with van der Waals surface area (Å²) in [6.45, 7) is 0.266. The number of nitrogens with zero attached hydrogens (tertiary/aromatic N) is 1. The summed E-state index contributed by atoms with van der Waals surface area (Å²) in [4.78, 5) is 25.6. The smallest absolute Gasteiger partial charge is 0.319 e. The molecule has 3 amide bonds. The van der Waals surface area contributed by atoms with E-state index in [1.54, 1.807) is 70.8 Å². The van der Waals surface area contributed by atoms with E-state index in [1.807, 2.05) is 0 Å². The van der Waals surface area contributed by atoms with Crippen LogP contribution in [0.2, 0.25) is 0 Å². The van der Waals surface area contributed by atoms with Gasteiger partial charge in [0.05, 0.1) is 14.2 Å². The van der Waals surface area contributed by atoms with Gasteiger partial charge in [0, 0.05) is 37.5 Å². The first-order valence-electron chi connectivity index (χ1n) is 8.02. The van der Waals surface area contributed by atoms with Crippen molar-refractivity contribution in [3.05, 3.63) is 53.6 Å². The van der Waals surface area contributed by atoms with E-state index in [1.165, 1.54) is 4.90 Å². The maximum atomic E-state index is 12.2. The van der Waals surface area contributed by atoms with Crippen LogP contribution in [0.3, 0.4) is 0 Å². The number of carbonyl (C=O) groups excluding carboxylic acids is 2. The molecule has 0 bridgehead atoms. The molecule has 2 aromatic carbocycles. The van der Waals surface area contributed by atoms with Crippen molar-refractivity contribution in [2.75, 3.05) is 33.6 Å². The van der Waals surface area contributed by atoms with E-state index in [-0.39, 0.29) is 18.5 Å². The fourth-order valence-electron chi connectivity index (χ4n) is 2.36. The minimum absolute atomic E-state index is 0.129. The minimum atomic E-state index is -0.385. The second-order valence-electron chi connectivity index (χ2n) is 5.77. The highest BCUT2D eigenvalue weighted by Crippen LogP contribution is 2.23. The Morgan fingerprint density at radius 1 is 1.04 bits per heavy atom. The van der Waals surface area contributed by atoms with Crippen molar-refractivity contribution >= 4 is 17.6 Å². The van der Waals surface area contributed by atoms with Crippen LogP contribution in [-0.4, -0.2) is 45.2 Å². The molecular formula is C19H23N3O4. The third-order valence-corrected chi connectivity index (χ3v) is 3.70. The lowest BCUT2D eigenvalue weighted by molar-refractivity contribution is 0.0827. The molecular weight excluding hydrogens is 334 g/mol. The molecule has 0 aliphatic rings. The van der Waals surface area contributed by atoms with E-state index in [0.29, 0.717) is 22.7 Å². The predicted octanol–water partition coefficient (Wildman–Crippen LogP) is 2.73. The van der Waals surface area contributed by atoms with Crippen LogP contribution in [0.15, 0.2) is 42.5 Å². The highest BCUT2D eigenvalue weighted by Gasteiger charge is 2.10. The first-order valence-corrected chi connectivity index (χ1v) is 8.02. The molecule has 0 unspecified atom stereocenters. The summed E-state index contributed by atoms with van der Waals surface area (Å²) >= 11 is 0. The zero-order chi connectivity index (χ0) is 19.1. The quantitative estimate of drug-likeness (QED) is 0.833. The van der Waals surface area contributed by atoms with E-state index in [4.69, 9.17) is 9.47 Å². The maximum absolute atomic E-state index is 12.2. The molecule has 138 valence electrons. The lowest BCUT2D eigenvalue weighted by Gasteiger charge is -2.13. The molecule has 2 aromatic rings. The van der Waals surface area contributed by atoms with Crippen molar-refractivity contribution in [1.82, 2.24) is 10.2 Å². The first-order chi connectivity index (χ1) is 12.4. The predicted molar refractivity (Wildman–Crippen MR) is 99.9 cm³/mol. The summed E-state index contributed by atoms with van der Waals surface area (Å²) in [6, 6.07) is 11.8. The summed E-state index contributed by atoms with van der Waals surface area (Å²) in [7, 11) is 6.50. The average Bonchev–Trinajstić information content (AvgIpc) is 2.65. The standard InChI is InChI=1S/C19H23N3O4/c1-22(2)18(23)13-6-5-7-15(10-13)21-19(24)20-12-14-11-16(25-3)8-9-17(14)26-4/h5-11H,12H2,1-4H3,(H2,20,21,24). The molecule has 0 spiro atoms. The summed E-state index contributed by atoms with van der Waals surface area (Å²) in [5, 5.41) is 5.48. The van der Waals surface area contributed by atoms with E-state index in [9.17, 15) is 9.59 Å². The third-order valence-electron chi connectivity index (χ3n) is 3.70. The fourth-order valence-corrected chi connectivity index (χ4v) is 2.36. The number of ether oxygens (including phenoxy) is 2. The van der Waals surface area contributed by atoms with Crippen LogP contribution in [0.4, 0.5) is 10.5 Å². The molecule has 2 rings (SSSR count). The van der Waals surface area contributed by atoms with Gasteiger partial charge in [-0.3, -0.25) is 4.79 Å². The highest BCUT2D eigenvalue weighted by atomic mass is 16.5. The van der Waals surface area contributed by atoms with Gasteiger partial charge >= 0.3 is 6.03 Å². The number of hydrogen-bond donors (Lipinski definition) is 2. The summed E-state index contributed by atoms with van der Waals surface area (Å²) < 4.78 is 10.5.